The smallest absolute Gasteiger partial charge is 0.0631 e. The van der Waals surface area contributed by atoms with E-state index in [2.05, 4.69) is 20.8 Å². The Morgan fingerprint density at radius 3 is 2.64 bits per heavy atom. The summed E-state index contributed by atoms with van der Waals surface area (Å²) in [4.78, 5) is 0. The maximum atomic E-state index is 6.43. The predicted octanol–water partition coefficient (Wildman–Crippen LogP) is 5.84. The van der Waals surface area contributed by atoms with Crippen molar-refractivity contribution >= 4 is 0 Å². The van der Waals surface area contributed by atoms with Crippen LogP contribution in [-0.2, 0) is 9.47 Å². The number of rotatable bonds is 4. The molecule has 2 nitrogen and oxygen atoms in total. The van der Waals surface area contributed by atoms with E-state index < -0.39 is 0 Å². The molecule has 0 aromatic rings. The van der Waals surface area contributed by atoms with Gasteiger partial charge in [-0.05, 0) is 92.3 Å². The molecule has 1 heterocycles. The topological polar surface area (TPSA) is 18.5 Å². The second kappa shape index (κ2) is 7.15. The monoisotopic (exact) mass is 348 g/mol. The van der Waals surface area contributed by atoms with E-state index in [1.165, 1.54) is 64.2 Å². The first-order chi connectivity index (χ1) is 12.1. The van der Waals surface area contributed by atoms with Gasteiger partial charge in [-0.3, -0.25) is 0 Å². The van der Waals surface area contributed by atoms with E-state index in [9.17, 15) is 0 Å². The van der Waals surface area contributed by atoms with Crippen LogP contribution in [0, 0.1) is 34.5 Å². The fourth-order valence-electron chi connectivity index (χ4n) is 7.57. The summed E-state index contributed by atoms with van der Waals surface area (Å²) in [6.45, 7) is 10.5. The van der Waals surface area contributed by atoms with Crippen LogP contribution in [0.2, 0.25) is 0 Å². The molecule has 0 aromatic heterocycles. The first-order valence-electron chi connectivity index (χ1n) is 11.3. The maximum Gasteiger partial charge on any atom is 0.0631 e. The Bertz CT molecular complexity index is 463. The Morgan fingerprint density at radius 2 is 1.80 bits per heavy atom. The Labute approximate surface area is 155 Å². The van der Waals surface area contributed by atoms with E-state index in [1.54, 1.807) is 0 Å². The molecule has 4 rings (SSSR count). The Morgan fingerprint density at radius 1 is 0.960 bits per heavy atom. The number of hydrogen-bond donors (Lipinski definition) is 0. The van der Waals surface area contributed by atoms with Crippen molar-refractivity contribution in [2.24, 2.45) is 34.5 Å². The molecule has 0 bridgehead atoms. The van der Waals surface area contributed by atoms with Gasteiger partial charge in [0.05, 0.1) is 6.10 Å². The normalized spacial score (nSPS) is 49.8. The molecule has 0 radical (unpaired) electrons. The van der Waals surface area contributed by atoms with Crippen molar-refractivity contribution in [1.82, 2.24) is 0 Å². The Hall–Kier alpha value is -0.0800. The third-order valence-corrected chi connectivity index (χ3v) is 9.12. The van der Waals surface area contributed by atoms with Gasteiger partial charge >= 0.3 is 0 Å². The summed E-state index contributed by atoms with van der Waals surface area (Å²) in [5.74, 6) is 3.64. The van der Waals surface area contributed by atoms with E-state index in [0.717, 1.165) is 43.5 Å². The zero-order valence-electron chi connectivity index (χ0n) is 16.9. The summed E-state index contributed by atoms with van der Waals surface area (Å²) >= 11 is 0. The average molecular weight is 349 g/mol. The number of hydrogen-bond acceptors (Lipinski definition) is 2. The van der Waals surface area contributed by atoms with Crippen LogP contribution in [0.25, 0.3) is 0 Å². The van der Waals surface area contributed by atoms with Gasteiger partial charge in [0.1, 0.15) is 0 Å². The van der Waals surface area contributed by atoms with E-state index in [1.807, 2.05) is 0 Å². The number of unbranched alkanes of at least 4 members (excludes halogenated alkanes) is 1. The molecule has 3 aliphatic carbocycles. The molecule has 0 spiro atoms. The molecule has 4 fully saturated rings. The first kappa shape index (κ1) is 18.3. The van der Waals surface area contributed by atoms with Gasteiger partial charge < -0.3 is 9.47 Å². The third kappa shape index (κ3) is 3.00. The predicted molar refractivity (Wildman–Crippen MR) is 103 cm³/mol. The zero-order valence-corrected chi connectivity index (χ0v) is 16.9. The summed E-state index contributed by atoms with van der Waals surface area (Å²) < 4.78 is 12.4. The quantitative estimate of drug-likeness (QED) is 0.594. The fourth-order valence-corrected chi connectivity index (χ4v) is 7.57. The maximum absolute atomic E-state index is 6.43. The molecule has 144 valence electrons. The van der Waals surface area contributed by atoms with Gasteiger partial charge in [0.15, 0.2) is 0 Å². The van der Waals surface area contributed by atoms with Gasteiger partial charge in [-0.2, -0.15) is 0 Å². The molecule has 0 N–H and O–H groups in total. The van der Waals surface area contributed by atoms with Crippen molar-refractivity contribution in [3.63, 3.8) is 0 Å². The van der Waals surface area contributed by atoms with E-state index in [4.69, 9.17) is 9.47 Å². The lowest BCUT2D eigenvalue weighted by atomic mass is 9.47. The highest BCUT2D eigenvalue weighted by Gasteiger charge is 2.59. The van der Waals surface area contributed by atoms with Crippen molar-refractivity contribution in [1.29, 1.82) is 0 Å². The lowest BCUT2D eigenvalue weighted by Gasteiger charge is -2.58. The number of fused-ring (bicyclic) bond motifs is 5. The molecule has 1 aliphatic heterocycles. The minimum atomic E-state index is 0.458. The van der Waals surface area contributed by atoms with Crippen LogP contribution in [0.3, 0.4) is 0 Å². The van der Waals surface area contributed by atoms with Crippen molar-refractivity contribution in [3.05, 3.63) is 0 Å². The second-order valence-electron chi connectivity index (χ2n) is 10.2. The lowest BCUT2D eigenvalue weighted by Crippen LogP contribution is -2.53. The molecule has 1 saturated heterocycles. The van der Waals surface area contributed by atoms with Crippen LogP contribution >= 0.6 is 0 Å². The SMILES string of the molecule is CCCCO[C@H]1CC[C@H]2[C@@H]3CC[C@H]4COCCC[C@]4(C)[C@H]3CC[C@]12C. The van der Waals surface area contributed by atoms with Crippen LogP contribution in [0.5, 0.6) is 0 Å². The van der Waals surface area contributed by atoms with Gasteiger partial charge in [-0.15, -0.1) is 0 Å². The lowest BCUT2D eigenvalue weighted by molar-refractivity contribution is -0.126. The molecule has 3 saturated carbocycles. The minimum absolute atomic E-state index is 0.458. The van der Waals surface area contributed by atoms with E-state index in [0.29, 0.717) is 16.9 Å². The van der Waals surface area contributed by atoms with Crippen molar-refractivity contribution < 1.29 is 9.47 Å². The summed E-state index contributed by atoms with van der Waals surface area (Å²) in [7, 11) is 0. The summed E-state index contributed by atoms with van der Waals surface area (Å²) in [5, 5.41) is 0. The van der Waals surface area contributed by atoms with Crippen LogP contribution in [0.4, 0.5) is 0 Å². The van der Waals surface area contributed by atoms with Gasteiger partial charge in [-0.25, -0.2) is 0 Å². The van der Waals surface area contributed by atoms with Gasteiger partial charge in [0, 0.05) is 19.8 Å². The van der Waals surface area contributed by atoms with Crippen molar-refractivity contribution in [2.75, 3.05) is 19.8 Å². The molecule has 2 heteroatoms. The van der Waals surface area contributed by atoms with Crippen molar-refractivity contribution in [2.45, 2.75) is 91.1 Å². The van der Waals surface area contributed by atoms with E-state index >= 15 is 0 Å². The first-order valence-corrected chi connectivity index (χ1v) is 11.3. The van der Waals surface area contributed by atoms with E-state index in [-0.39, 0.29) is 0 Å². The van der Waals surface area contributed by atoms with Gasteiger partial charge in [0.25, 0.3) is 0 Å². The largest absolute Gasteiger partial charge is 0.381 e. The molecular formula is C23H40O2. The van der Waals surface area contributed by atoms with Gasteiger partial charge in [0.2, 0.25) is 0 Å². The summed E-state index contributed by atoms with van der Waals surface area (Å²) in [6.07, 6.45) is 14.1. The second-order valence-corrected chi connectivity index (χ2v) is 10.2. The Balaban J connectivity index is 1.51. The third-order valence-electron chi connectivity index (χ3n) is 9.12. The molecular weight excluding hydrogens is 308 g/mol. The van der Waals surface area contributed by atoms with Crippen molar-refractivity contribution in [3.8, 4) is 0 Å². The summed E-state index contributed by atoms with van der Waals surface area (Å²) in [6, 6.07) is 0. The molecule has 0 aromatic carbocycles. The fraction of sp³-hybridized carbons (Fsp3) is 1.00. The molecule has 7 atom stereocenters. The van der Waals surface area contributed by atoms with Crippen LogP contribution in [-0.4, -0.2) is 25.9 Å². The molecule has 25 heavy (non-hydrogen) atoms. The zero-order chi connectivity index (χ0) is 17.5. The highest BCUT2D eigenvalue weighted by molar-refractivity contribution is 5.09. The molecule has 4 aliphatic rings. The van der Waals surface area contributed by atoms with Gasteiger partial charge in [-0.1, -0.05) is 27.2 Å². The number of ether oxygens (including phenoxy) is 2. The molecule has 0 unspecified atom stereocenters. The highest BCUT2D eigenvalue weighted by atomic mass is 16.5. The standard InChI is InChI=1S/C23H40O2/c1-4-5-15-25-21-10-9-19-18-8-7-17-16-24-14-6-12-22(17,2)20(18)11-13-23(19,21)3/h17-21H,4-16H2,1-3H3/t17-,18-,19-,20-,21-,22-,23-/m0/s1. The highest BCUT2D eigenvalue weighted by Crippen LogP contribution is 2.65. The Kier molecular flexibility index (Phi) is 5.23. The average Bonchev–Trinajstić information content (AvgIpc) is 2.80. The minimum Gasteiger partial charge on any atom is -0.381 e. The van der Waals surface area contributed by atoms with Crippen LogP contribution < -0.4 is 0 Å². The summed E-state index contributed by atoms with van der Waals surface area (Å²) in [5.41, 5.74) is 1.00. The van der Waals surface area contributed by atoms with Crippen LogP contribution in [0.1, 0.15) is 85.0 Å². The van der Waals surface area contributed by atoms with Crippen LogP contribution in [0.15, 0.2) is 0 Å². The molecule has 0 amide bonds.